The molecule has 0 spiro atoms. The standard InChI is InChI=1S/C61H45N2P/c1-61(2)56-25-15-14-24-53(56)54-37-34-48(41-57(54)61)62(47-32-35-51(36-33-47)64(49-19-8-4-9-20-49)50-21-10-5-11-22-50)46-30-26-42(27-31-46)44-29-38-58-55(40-44)60-52-23-13-12-16-43(52)28-39-59(60)63(58)45-17-6-3-7-18-45/h3-41H,1-2H3. The normalized spacial score (nSPS) is 12.8. The minimum Gasteiger partial charge on any atom is -0.310 e. The summed E-state index contributed by atoms with van der Waals surface area (Å²) in [6.45, 7) is 4.73. The van der Waals surface area contributed by atoms with Gasteiger partial charge in [-0.3, -0.25) is 0 Å². The smallest absolute Gasteiger partial charge is 0.0547 e. The second kappa shape index (κ2) is 15.4. The summed E-state index contributed by atoms with van der Waals surface area (Å²) in [5, 5.41) is 9.09. The summed E-state index contributed by atoms with van der Waals surface area (Å²) in [5.74, 6) is 0. The maximum Gasteiger partial charge on any atom is 0.0547 e. The Hall–Kier alpha value is -7.51. The SMILES string of the molecule is CC1(C)c2ccccc2-c2ccc(N(c3ccc(-c4ccc5c(c4)c4c6ccccc6ccc4n5-c4ccccc4)cc3)c3ccc(P(c4ccccc4)c4ccccc4)cc3)cc21. The molecule has 1 aromatic heterocycles. The molecular formula is C61H45N2P. The quantitative estimate of drug-likeness (QED) is 0.138. The molecular weight excluding hydrogens is 792 g/mol. The molecule has 0 N–H and O–H groups in total. The van der Waals surface area contributed by atoms with Gasteiger partial charge in [0.15, 0.2) is 0 Å². The lowest BCUT2D eigenvalue weighted by Gasteiger charge is -2.29. The van der Waals surface area contributed by atoms with E-state index in [2.05, 4.69) is 260 Å². The first kappa shape index (κ1) is 38.2. The van der Waals surface area contributed by atoms with Crippen molar-refractivity contribution in [2.24, 2.45) is 0 Å². The largest absolute Gasteiger partial charge is 0.310 e. The number of hydrogen-bond acceptors (Lipinski definition) is 1. The molecule has 0 aliphatic heterocycles. The highest BCUT2D eigenvalue weighted by Gasteiger charge is 2.35. The third kappa shape index (κ3) is 6.29. The summed E-state index contributed by atoms with van der Waals surface area (Å²) < 4.78 is 2.41. The summed E-state index contributed by atoms with van der Waals surface area (Å²) in [4.78, 5) is 2.43. The maximum absolute atomic E-state index is 2.43. The zero-order valence-corrected chi connectivity index (χ0v) is 36.8. The van der Waals surface area contributed by atoms with Crippen molar-refractivity contribution >= 4 is 73.5 Å². The van der Waals surface area contributed by atoms with E-state index in [4.69, 9.17) is 0 Å². The van der Waals surface area contributed by atoms with Gasteiger partial charge < -0.3 is 9.47 Å². The molecule has 0 unspecified atom stereocenters. The minimum absolute atomic E-state index is 0.115. The first-order valence-corrected chi connectivity index (χ1v) is 23.5. The molecule has 0 fully saturated rings. The van der Waals surface area contributed by atoms with Gasteiger partial charge in [0.1, 0.15) is 0 Å². The third-order valence-electron chi connectivity index (χ3n) is 13.3. The van der Waals surface area contributed by atoms with Crippen molar-refractivity contribution < 1.29 is 0 Å². The van der Waals surface area contributed by atoms with Crippen molar-refractivity contribution in [3.8, 4) is 27.9 Å². The van der Waals surface area contributed by atoms with Gasteiger partial charge in [-0.15, -0.1) is 0 Å². The lowest BCUT2D eigenvalue weighted by atomic mass is 9.82. The van der Waals surface area contributed by atoms with E-state index in [1.54, 1.807) is 0 Å². The van der Waals surface area contributed by atoms with E-state index >= 15 is 0 Å². The molecule has 0 saturated carbocycles. The lowest BCUT2D eigenvalue weighted by Crippen LogP contribution is -2.21. The second-order valence-electron chi connectivity index (χ2n) is 17.4. The van der Waals surface area contributed by atoms with Crippen molar-refractivity contribution in [3.63, 3.8) is 0 Å². The molecule has 1 heterocycles. The molecule has 12 rings (SSSR count). The molecule has 1 aliphatic rings. The molecule has 10 aromatic carbocycles. The van der Waals surface area contributed by atoms with E-state index in [-0.39, 0.29) is 5.41 Å². The average Bonchev–Trinajstić information content (AvgIpc) is 3.81. The van der Waals surface area contributed by atoms with Gasteiger partial charge in [0.2, 0.25) is 0 Å². The molecule has 2 nitrogen and oxygen atoms in total. The van der Waals surface area contributed by atoms with Gasteiger partial charge in [-0.05, 0) is 135 Å². The van der Waals surface area contributed by atoms with Crippen molar-refractivity contribution in [1.82, 2.24) is 4.57 Å². The van der Waals surface area contributed by atoms with Gasteiger partial charge in [0.25, 0.3) is 0 Å². The number of fused-ring (bicyclic) bond motifs is 8. The summed E-state index contributed by atoms with van der Waals surface area (Å²) in [5.41, 5.74) is 14.6. The molecule has 0 saturated heterocycles. The van der Waals surface area contributed by atoms with Crippen molar-refractivity contribution in [2.45, 2.75) is 19.3 Å². The highest BCUT2D eigenvalue weighted by molar-refractivity contribution is 7.79. The van der Waals surface area contributed by atoms with E-state index < -0.39 is 7.92 Å². The topological polar surface area (TPSA) is 8.17 Å². The maximum atomic E-state index is 2.43. The fraction of sp³-hybridized carbons (Fsp3) is 0.0492. The molecule has 64 heavy (non-hydrogen) atoms. The van der Waals surface area contributed by atoms with Crippen LogP contribution in [0.25, 0.3) is 60.5 Å². The lowest BCUT2D eigenvalue weighted by molar-refractivity contribution is 0.660. The number of rotatable bonds is 8. The van der Waals surface area contributed by atoms with Crippen LogP contribution in [0.2, 0.25) is 0 Å². The fourth-order valence-electron chi connectivity index (χ4n) is 10.3. The van der Waals surface area contributed by atoms with Crippen LogP contribution in [-0.2, 0) is 5.41 Å². The van der Waals surface area contributed by atoms with Crippen LogP contribution in [0.5, 0.6) is 0 Å². The van der Waals surface area contributed by atoms with Crippen molar-refractivity contribution in [2.75, 3.05) is 4.90 Å². The third-order valence-corrected chi connectivity index (χ3v) is 15.8. The Labute approximate surface area is 376 Å². The zero-order valence-electron chi connectivity index (χ0n) is 35.9. The molecule has 0 atom stereocenters. The predicted octanol–water partition coefficient (Wildman–Crippen LogP) is 15.1. The summed E-state index contributed by atoms with van der Waals surface area (Å²) >= 11 is 0. The Morgan fingerprint density at radius 3 is 1.66 bits per heavy atom. The number of anilines is 3. The predicted molar refractivity (Wildman–Crippen MR) is 275 cm³/mol. The van der Waals surface area contributed by atoms with Crippen LogP contribution >= 0.6 is 7.92 Å². The molecule has 0 radical (unpaired) electrons. The molecule has 3 heteroatoms. The van der Waals surface area contributed by atoms with E-state index in [1.807, 2.05) is 0 Å². The fourth-order valence-corrected chi connectivity index (χ4v) is 12.5. The highest BCUT2D eigenvalue weighted by Crippen LogP contribution is 2.51. The molecule has 304 valence electrons. The Morgan fingerprint density at radius 1 is 0.391 bits per heavy atom. The summed E-state index contributed by atoms with van der Waals surface area (Å²) in [6, 6.07) is 87.4. The van der Waals surface area contributed by atoms with Crippen LogP contribution in [0, 0.1) is 0 Å². The van der Waals surface area contributed by atoms with Crippen LogP contribution in [0.15, 0.2) is 237 Å². The van der Waals surface area contributed by atoms with Crippen molar-refractivity contribution in [3.05, 3.63) is 248 Å². The van der Waals surface area contributed by atoms with E-state index in [0.29, 0.717) is 0 Å². The number of para-hydroxylation sites is 1. The van der Waals surface area contributed by atoms with E-state index in [1.165, 1.54) is 87.6 Å². The van der Waals surface area contributed by atoms with Crippen LogP contribution in [0.3, 0.4) is 0 Å². The molecule has 11 aromatic rings. The van der Waals surface area contributed by atoms with Gasteiger partial charge in [-0.2, -0.15) is 0 Å². The molecule has 0 amide bonds. The monoisotopic (exact) mass is 836 g/mol. The van der Waals surface area contributed by atoms with Gasteiger partial charge in [0.05, 0.1) is 11.0 Å². The number of benzene rings is 10. The van der Waals surface area contributed by atoms with Crippen molar-refractivity contribution in [1.29, 1.82) is 0 Å². The van der Waals surface area contributed by atoms with Crippen LogP contribution < -0.4 is 20.8 Å². The Bertz CT molecular complexity index is 3460. The number of aromatic nitrogens is 1. The van der Waals surface area contributed by atoms with Gasteiger partial charge in [-0.25, -0.2) is 0 Å². The van der Waals surface area contributed by atoms with Crippen LogP contribution in [-0.4, -0.2) is 4.57 Å². The Balaban J connectivity index is 0.979. The minimum atomic E-state index is -0.726. The average molecular weight is 837 g/mol. The first-order valence-electron chi connectivity index (χ1n) is 22.2. The zero-order chi connectivity index (χ0) is 42.8. The number of hydrogen-bond donors (Lipinski definition) is 0. The van der Waals surface area contributed by atoms with Crippen LogP contribution in [0.1, 0.15) is 25.0 Å². The van der Waals surface area contributed by atoms with E-state index in [9.17, 15) is 0 Å². The summed E-state index contributed by atoms with van der Waals surface area (Å²) in [6.07, 6.45) is 0. The second-order valence-corrected chi connectivity index (χ2v) is 19.6. The number of nitrogens with zero attached hydrogens (tertiary/aromatic N) is 2. The molecule has 1 aliphatic carbocycles. The van der Waals surface area contributed by atoms with Gasteiger partial charge >= 0.3 is 0 Å². The van der Waals surface area contributed by atoms with Gasteiger partial charge in [-0.1, -0.05) is 184 Å². The molecule has 0 bridgehead atoms. The Kier molecular flexibility index (Phi) is 9.18. The van der Waals surface area contributed by atoms with E-state index in [0.717, 1.165) is 17.1 Å². The Morgan fingerprint density at radius 2 is 0.938 bits per heavy atom. The van der Waals surface area contributed by atoms with Gasteiger partial charge in [0, 0.05) is 38.9 Å². The highest BCUT2D eigenvalue weighted by atomic mass is 31.1. The first-order chi connectivity index (χ1) is 31.5. The van der Waals surface area contributed by atoms with Crippen LogP contribution in [0.4, 0.5) is 17.1 Å². The summed E-state index contributed by atoms with van der Waals surface area (Å²) in [7, 11) is -0.726.